The van der Waals surface area contributed by atoms with Crippen molar-refractivity contribution in [1.29, 1.82) is 0 Å². The number of nitrogens with one attached hydrogen (secondary N) is 1. The van der Waals surface area contributed by atoms with Crippen molar-refractivity contribution in [3.8, 4) is 5.75 Å². The molecular weight excluding hydrogens is 512 g/mol. The summed E-state index contributed by atoms with van der Waals surface area (Å²) < 4.78 is 22.8. The highest BCUT2D eigenvalue weighted by molar-refractivity contribution is 14.1. The summed E-state index contributed by atoms with van der Waals surface area (Å²) in [5, 5.41) is 3.42. The van der Waals surface area contributed by atoms with Gasteiger partial charge in [-0.2, -0.15) is 14.4 Å². The summed E-state index contributed by atoms with van der Waals surface area (Å²) in [4.78, 5) is 14.5. The Kier molecular flexibility index (Phi) is 6.47. The average molecular weight is 539 g/mol. The highest BCUT2D eigenvalue weighted by Crippen LogP contribution is 2.35. The van der Waals surface area contributed by atoms with Crippen molar-refractivity contribution in [2.45, 2.75) is 26.8 Å². The molecule has 0 fully saturated rings. The van der Waals surface area contributed by atoms with E-state index in [4.69, 9.17) is 15.5 Å². The van der Waals surface area contributed by atoms with Gasteiger partial charge in [-0.05, 0) is 52.7 Å². The van der Waals surface area contributed by atoms with E-state index in [1.54, 1.807) is 0 Å². The van der Waals surface area contributed by atoms with Crippen LogP contribution < -0.4 is 20.7 Å². The molecule has 1 aliphatic heterocycles. The summed E-state index contributed by atoms with van der Waals surface area (Å²) in [6.07, 6.45) is -0.268. The summed E-state index contributed by atoms with van der Waals surface area (Å²) >= 11 is 2.32. The van der Waals surface area contributed by atoms with E-state index in [1.807, 2.05) is 4.57 Å². The van der Waals surface area contributed by atoms with Gasteiger partial charge in [0.05, 0.1) is 12.2 Å². The summed E-state index contributed by atoms with van der Waals surface area (Å²) in [6, 6.07) is 4.21. The van der Waals surface area contributed by atoms with E-state index in [9.17, 15) is 4.39 Å². The zero-order valence-corrected chi connectivity index (χ0v) is 20.1. The third-order valence-electron chi connectivity index (χ3n) is 5.31. The number of benzene rings is 1. The van der Waals surface area contributed by atoms with Crippen LogP contribution in [0, 0.1) is 15.6 Å². The maximum absolute atomic E-state index is 13.9. The second-order valence-corrected chi connectivity index (χ2v) is 9.35. The molecular formula is C21H27FIN7O. The van der Waals surface area contributed by atoms with Gasteiger partial charge in [-0.25, -0.2) is 4.98 Å². The summed E-state index contributed by atoms with van der Waals surface area (Å²) in [6.45, 7) is 8.09. The number of aromatic nitrogens is 4. The molecule has 31 heavy (non-hydrogen) atoms. The number of hydrogen-bond acceptors (Lipinski definition) is 7. The first-order chi connectivity index (χ1) is 14.8. The number of rotatable bonds is 7. The molecule has 0 saturated heterocycles. The van der Waals surface area contributed by atoms with Crippen molar-refractivity contribution < 1.29 is 9.13 Å². The Morgan fingerprint density at radius 2 is 2.10 bits per heavy atom. The molecule has 0 atom stereocenters. The molecule has 0 radical (unpaired) electrons. The third kappa shape index (κ3) is 4.69. The minimum atomic E-state index is -0.838. The van der Waals surface area contributed by atoms with E-state index in [0.717, 1.165) is 46.0 Å². The minimum Gasteiger partial charge on any atom is -0.490 e. The Balaban J connectivity index is 1.70. The molecule has 0 saturated carbocycles. The van der Waals surface area contributed by atoms with E-state index in [-0.39, 0.29) is 5.82 Å². The van der Waals surface area contributed by atoms with Crippen LogP contribution in [0.2, 0.25) is 0 Å². The largest absolute Gasteiger partial charge is 0.490 e. The highest BCUT2D eigenvalue weighted by Gasteiger charge is 2.21. The molecule has 4 rings (SSSR count). The predicted octanol–water partition coefficient (Wildman–Crippen LogP) is 2.82. The molecule has 0 bridgehead atoms. The molecule has 3 N–H and O–H groups in total. The third-order valence-corrected chi connectivity index (χ3v) is 6.31. The fourth-order valence-electron chi connectivity index (χ4n) is 3.71. The van der Waals surface area contributed by atoms with Crippen LogP contribution in [0.15, 0.2) is 12.1 Å². The second-order valence-electron chi connectivity index (χ2n) is 8.19. The standard InChI is InChI=1S/C21H27FIN7O/c1-12(2)11-25-4-5-30-17(26-18-19(24)27-21(22)28-20(18)30)9-13-8-15-16(10-14(13)23)31-7-6-29(15)3/h8,10,12,25H,4-7,9,11H2,1-3H3,(H2,24,27,28). The van der Waals surface area contributed by atoms with Gasteiger partial charge in [0.1, 0.15) is 18.2 Å². The Bertz CT molecular complexity index is 1100. The Hall–Kier alpha value is -2.21. The van der Waals surface area contributed by atoms with Crippen molar-refractivity contribution in [3.05, 3.63) is 33.2 Å². The molecule has 0 spiro atoms. The number of imidazole rings is 1. The van der Waals surface area contributed by atoms with Crippen molar-refractivity contribution in [1.82, 2.24) is 24.8 Å². The number of nitrogens with zero attached hydrogens (tertiary/aromatic N) is 5. The van der Waals surface area contributed by atoms with Gasteiger partial charge in [-0.15, -0.1) is 0 Å². The fourth-order valence-corrected chi connectivity index (χ4v) is 4.34. The molecule has 1 aliphatic rings. The Morgan fingerprint density at radius 3 is 2.87 bits per heavy atom. The number of ether oxygens (including phenoxy) is 1. The van der Waals surface area contributed by atoms with Crippen molar-refractivity contribution in [3.63, 3.8) is 0 Å². The zero-order chi connectivity index (χ0) is 22.1. The quantitative estimate of drug-likeness (QED) is 0.271. The molecule has 1 aromatic carbocycles. The maximum atomic E-state index is 13.9. The van der Waals surface area contributed by atoms with Gasteiger partial charge in [-0.1, -0.05) is 13.8 Å². The van der Waals surface area contributed by atoms with Gasteiger partial charge in [0, 0.05) is 30.1 Å². The number of nitrogen functional groups attached to an aromatic ring is 1. The average Bonchev–Trinajstić information content (AvgIpc) is 3.04. The Labute approximate surface area is 194 Å². The first-order valence-corrected chi connectivity index (χ1v) is 11.5. The number of nitrogens with two attached hydrogens (primary N) is 1. The summed E-state index contributed by atoms with van der Waals surface area (Å²) in [5.74, 6) is 2.28. The highest BCUT2D eigenvalue weighted by atomic mass is 127. The van der Waals surface area contributed by atoms with E-state index < -0.39 is 6.08 Å². The van der Waals surface area contributed by atoms with Gasteiger partial charge in [0.2, 0.25) is 0 Å². The van der Waals surface area contributed by atoms with Crippen LogP contribution in [-0.2, 0) is 13.0 Å². The number of hydrogen-bond donors (Lipinski definition) is 2. The van der Waals surface area contributed by atoms with E-state index >= 15 is 0 Å². The molecule has 166 valence electrons. The molecule has 3 aromatic rings. The van der Waals surface area contributed by atoms with Crippen LogP contribution in [0.3, 0.4) is 0 Å². The lowest BCUT2D eigenvalue weighted by atomic mass is 10.1. The monoisotopic (exact) mass is 539 g/mol. The maximum Gasteiger partial charge on any atom is 0.312 e. The van der Waals surface area contributed by atoms with Crippen LogP contribution in [0.4, 0.5) is 15.9 Å². The SMILES string of the molecule is CC(C)CNCCn1c(Cc2cc3c(cc2I)OCCN3C)nc2c(N)nc(F)nc21. The summed E-state index contributed by atoms with van der Waals surface area (Å²) in [7, 11) is 2.06. The van der Waals surface area contributed by atoms with Gasteiger partial charge >= 0.3 is 6.08 Å². The van der Waals surface area contributed by atoms with Crippen molar-refractivity contribution in [2.75, 3.05) is 43.9 Å². The first kappa shape index (κ1) is 22.0. The number of likely N-dealkylation sites (N-methyl/N-ethyl adjacent to an activating group) is 1. The predicted molar refractivity (Wildman–Crippen MR) is 128 cm³/mol. The van der Waals surface area contributed by atoms with Gasteiger partial charge in [0.25, 0.3) is 0 Å². The number of fused-ring (bicyclic) bond motifs is 2. The zero-order valence-electron chi connectivity index (χ0n) is 18.0. The smallest absolute Gasteiger partial charge is 0.312 e. The van der Waals surface area contributed by atoms with Crippen molar-refractivity contribution in [2.24, 2.45) is 5.92 Å². The fraction of sp³-hybridized carbons (Fsp3) is 0.476. The lowest BCUT2D eigenvalue weighted by molar-refractivity contribution is 0.311. The second kappa shape index (κ2) is 9.11. The number of halogens is 2. The number of anilines is 2. The normalized spacial score (nSPS) is 13.7. The summed E-state index contributed by atoms with van der Waals surface area (Å²) in [5.41, 5.74) is 9.01. The molecule has 8 nitrogen and oxygen atoms in total. The Morgan fingerprint density at radius 1 is 1.29 bits per heavy atom. The van der Waals surface area contributed by atoms with E-state index in [0.29, 0.717) is 36.7 Å². The van der Waals surface area contributed by atoms with Crippen LogP contribution in [0.25, 0.3) is 11.2 Å². The molecule has 3 heterocycles. The molecule has 0 unspecified atom stereocenters. The van der Waals surface area contributed by atoms with Gasteiger partial charge in [0.15, 0.2) is 17.0 Å². The van der Waals surface area contributed by atoms with E-state index in [2.05, 4.69) is 75.8 Å². The molecule has 0 amide bonds. The first-order valence-electron chi connectivity index (χ1n) is 10.4. The lowest BCUT2D eigenvalue weighted by Crippen LogP contribution is -2.29. The van der Waals surface area contributed by atoms with Gasteiger partial charge in [-0.3, -0.25) is 0 Å². The van der Waals surface area contributed by atoms with Crippen LogP contribution in [-0.4, -0.2) is 52.8 Å². The molecule has 2 aromatic heterocycles. The molecule has 0 aliphatic carbocycles. The van der Waals surface area contributed by atoms with E-state index in [1.165, 1.54) is 0 Å². The van der Waals surface area contributed by atoms with Crippen molar-refractivity contribution >= 4 is 45.3 Å². The lowest BCUT2D eigenvalue weighted by Gasteiger charge is -2.28. The topological polar surface area (TPSA) is 94.1 Å². The van der Waals surface area contributed by atoms with Crippen LogP contribution in [0.5, 0.6) is 5.75 Å². The minimum absolute atomic E-state index is 0.0610. The van der Waals surface area contributed by atoms with Gasteiger partial charge < -0.3 is 25.3 Å². The van der Waals surface area contributed by atoms with Crippen LogP contribution >= 0.6 is 22.6 Å². The molecule has 10 heteroatoms. The van der Waals surface area contributed by atoms with Crippen LogP contribution in [0.1, 0.15) is 25.2 Å².